The lowest BCUT2D eigenvalue weighted by atomic mass is 9.76. The molecule has 2 N–H and O–H groups in total. The van der Waals surface area contributed by atoms with Crippen molar-refractivity contribution in [2.75, 3.05) is 0 Å². The van der Waals surface area contributed by atoms with Gasteiger partial charge in [-0.05, 0) is 18.8 Å². The summed E-state index contributed by atoms with van der Waals surface area (Å²) in [7, 11) is 0. The number of aliphatic hydroxyl groups excluding tert-OH is 1. The second-order valence-corrected chi connectivity index (χ2v) is 4.49. The average molecular weight is 186 g/mol. The van der Waals surface area contributed by atoms with Gasteiger partial charge in [0.1, 0.15) is 0 Å². The molecule has 0 aliphatic heterocycles. The number of hydrogen-bond donors (Lipinski definition) is 2. The molecule has 1 fully saturated rings. The maximum Gasteiger partial charge on any atom is 0.0908 e. The van der Waals surface area contributed by atoms with Gasteiger partial charge in [-0.2, -0.15) is 0 Å². The minimum Gasteiger partial charge on any atom is -0.390 e. The molecule has 1 saturated carbocycles. The van der Waals surface area contributed by atoms with Gasteiger partial charge in [-0.1, -0.05) is 39.5 Å². The van der Waals surface area contributed by atoms with Gasteiger partial charge in [0.25, 0.3) is 0 Å². The molecule has 0 aromatic rings. The van der Waals surface area contributed by atoms with Gasteiger partial charge < -0.3 is 10.2 Å². The van der Waals surface area contributed by atoms with Crippen LogP contribution in [0.25, 0.3) is 0 Å². The summed E-state index contributed by atoms with van der Waals surface area (Å²) in [5.74, 6) is 0.211. The third kappa shape index (κ3) is 2.44. The SMILES string of the molecule is CCC(C)C(O)C1(O)CCCCC1. The first-order valence-corrected chi connectivity index (χ1v) is 5.50. The van der Waals surface area contributed by atoms with E-state index in [9.17, 15) is 10.2 Å². The number of aliphatic hydroxyl groups is 2. The van der Waals surface area contributed by atoms with E-state index < -0.39 is 11.7 Å². The molecule has 2 nitrogen and oxygen atoms in total. The van der Waals surface area contributed by atoms with Crippen molar-refractivity contribution in [1.29, 1.82) is 0 Å². The normalized spacial score (nSPS) is 26.8. The molecule has 1 aliphatic rings. The largest absolute Gasteiger partial charge is 0.390 e. The van der Waals surface area contributed by atoms with Crippen LogP contribution in [0.4, 0.5) is 0 Å². The summed E-state index contributed by atoms with van der Waals surface area (Å²) >= 11 is 0. The van der Waals surface area contributed by atoms with Gasteiger partial charge in [-0.15, -0.1) is 0 Å². The molecule has 0 aromatic carbocycles. The van der Waals surface area contributed by atoms with E-state index in [1.165, 1.54) is 6.42 Å². The van der Waals surface area contributed by atoms with E-state index in [4.69, 9.17) is 0 Å². The summed E-state index contributed by atoms with van der Waals surface area (Å²) < 4.78 is 0. The quantitative estimate of drug-likeness (QED) is 0.708. The standard InChI is InChI=1S/C11H22O2/c1-3-9(2)10(12)11(13)7-5-4-6-8-11/h9-10,12-13H,3-8H2,1-2H3. The van der Waals surface area contributed by atoms with Crippen molar-refractivity contribution >= 4 is 0 Å². The summed E-state index contributed by atoms with van der Waals surface area (Å²) in [6, 6.07) is 0. The molecule has 2 atom stereocenters. The Morgan fingerprint density at radius 1 is 1.23 bits per heavy atom. The highest BCUT2D eigenvalue weighted by Crippen LogP contribution is 2.34. The zero-order chi connectivity index (χ0) is 9.90. The maximum absolute atomic E-state index is 10.2. The van der Waals surface area contributed by atoms with Gasteiger partial charge in [-0.25, -0.2) is 0 Å². The van der Waals surface area contributed by atoms with Crippen LogP contribution >= 0.6 is 0 Å². The van der Waals surface area contributed by atoms with E-state index in [2.05, 4.69) is 6.92 Å². The highest BCUT2D eigenvalue weighted by molar-refractivity contribution is 4.91. The van der Waals surface area contributed by atoms with Crippen molar-refractivity contribution in [3.05, 3.63) is 0 Å². The van der Waals surface area contributed by atoms with Crippen LogP contribution in [0.15, 0.2) is 0 Å². The van der Waals surface area contributed by atoms with Crippen LogP contribution in [0.3, 0.4) is 0 Å². The molecule has 2 heteroatoms. The van der Waals surface area contributed by atoms with Crippen LogP contribution in [-0.4, -0.2) is 21.9 Å². The zero-order valence-electron chi connectivity index (χ0n) is 8.79. The molecule has 0 aromatic heterocycles. The minimum absolute atomic E-state index is 0.211. The maximum atomic E-state index is 10.2. The molecule has 0 radical (unpaired) electrons. The Bertz CT molecular complexity index is 150. The number of hydrogen-bond acceptors (Lipinski definition) is 2. The first kappa shape index (κ1) is 11.0. The molecular formula is C11H22O2. The Hall–Kier alpha value is -0.0800. The van der Waals surface area contributed by atoms with Crippen molar-refractivity contribution in [3.8, 4) is 0 Å². The second-order valence-electron chi connectivity index (χ2n) is 4.49. The van der Waals surface area contributed by atoms with Gasteiger partial charge >= 0.3 is 0 Å². The highest BCUT2D eigenvalue weighted by atomic mass is 16.3. The Morgan fingerprint density at radius 3 is 2.23 bits per heavy atom. The van der Waals surface area contributed by atoms with E-state index >= 15 is 0 Å². The summed E-state index contributed by atoms with van der Waals surface area (Å²) in [4.78, 5) is 0. The van der Waals surface area contributed by atoms with Crippen LogP contribution in [0.2, 0.25) is 0 Å². The lowest BCUT2D eigenvalue weighted by Crippen LogP contribution is -2.47. The fourth-order valence-corrected chi connectivity index (χ4v) is 2.21. The van der Waals surface area contributed by atoms with Gasteiger partial charge in [0.05, 0.1) is 11.7 Å². The smallest absolute Gasteiger partial charge is 0.0908 e. The molecule has 2 unspecified atom stereocenters. The van der Waals surface area contributed by atoms with Gasteiger partial charge in [-0.3, -0.25) is 0 Å². The van der Waals surface area contributed by atoms with Crippen LogP contribution < -0.4 is 0 Å². The van der Waals surface area contributed by atoms with Crippen molar-refractivity contribution in [2.45, 2.75) is 64.1 Å². The summed E-state index contributed by atoms with van der Waals surface area (Å²) in [5, 5.41) is 20.1. The highest BCUT2D eigenvalue weighted by Gasteiger charge is 2.38. The molecule has 0 spiro atoms. The monoisotopic (exact) mass is 186 g/mol. The molecule has 0 heterocycles. The van der Waals surface area contributed by atoms with Crippen molar-refractivity contribution in [2.24, 2.45) is 5.92 Å². The fraction of sp³-hybridized carbons (Fsp3) is 1.00. The Labute approximate surface area is 81.0 Å². The first-order valence-electron chi connectivity index (χ1n) is 5.50. The minimum atomic E-state index is -0.784. The van der Waals surface area contributed by atoms with Gasteiger partial charge in [0.15, 0.2) is 0 Å². The Balaban J connectivity index is 2.55. The van der Waals surface area contributed by atoms with Crippen molar-refractivity contribution in [3.63, 3.8) is 0 Å². The third-order valence-corrected chi connectivity index (χ3v) is 3.45. The van der Waals surface area contributed by atoms with Crippen molar-refractivity contribution in [1.82, 2.24) is 0 Å². The van der Waals surface area contributed by atoms with Gasteiger partial charge in [0.2, 0.25) is 0 Å². The lowest BCUT2D eigenvalue weighted by molar-refractivity contribution is -0.117. The first-order chi connectivity index (χ1) is 6.10. The molecule has 1 aliphatic carbocycles. The van der Waals surface area contributed by atoms with E-state index in [1.54, 1.807) is 0 Å². The molecule has 0 bridgehead atoms. The van der Waals surface area contributed by atoms with E-state index in [0.717, 1.165) is 32.1 Å². The topological polar surface area (TPSA) is 40.5 Å². The molecule has 13 heavy (non-hydrogen) atoms. The Morgan fingerprint density at radius 2 is 1.77 bits per heavy atom. The van der Waals surface area contributed by atoms with Gasteiger partial charge in [0, 0.05) is 0 Å². The Kier molecular flexibility index (Phi) is 3.74. The third-order valence-electron chi connectivity index (χ3n) is 3.45. The molecule has 78 valence electrons. The van der Waals surface area contributed by atoms with Crippen LogP contribution in [-0.2, 0) is 0 Å². The van der Waals surface area contributed by atoms with E-state index in [1.807, 2.05) is 6.92 Å². The predicted octanol–water partition coefficient (Wildman–Crippen LogP) is 2.09. The molecule has 0 saturated heterocycles. The molecular weight excluding hydrogens is 164 g/mol. The molecule has 1 rings (SSSR count). The van der Waals surface area contributed by atoms with Crippen LogP contribution in [0.5, 0.6) is 0 Å². The zero-order valence-corrected chi connectivity index (χ0v) is 8.79. The second kappa shape index (κ2) is 4.43. The summed E-state index contributed by atoms with van der Waals surface area (Å²) in [6.07, 6.45) is 5.28. The lowest BCUT2D eigenvalue weighted by Gasteiger charge is -2.38. The van der Waals surface area contributed by atoms with E-state index in [0.29, 0.717) is 0 Å². The average Bonchev–Trinajstić information content (AvgIpc) is 2.16. The predicted molar refractivity (Wildman–Crippen MR) is 53.5 cm³/mol. The summed E-state index contributed by atoms with van der Waals surface area (Å²) in [6.45, 7) is 4.07. The van der Waals surface area contributed by atoms with Crippen LogP contribution in [0, 0.1) is 5.92 Å². The van der Waals surface area contributed by atoms with Crippen LogP contribution in [0.1, 0.15) is 52.4 Å². The van der Waals surface area contributed by atoms with E-state index in [-0.39, 0.29) is 5.92 Å². The van der Waals surface area contributed by atoms with Crippen molar-refractivity contribution < 1.29 is 10.2 Å². The fourth-order valence-electron chi connectivity index (χ4n) is 2.21. The number of rotatable bonds is 3. The summed E-state index contributed by atoms with van der Waals surface area (Å²) in [5.41, 5.74) is -0.784. The molecule has 0 amide bonds.